The average Bonchev–Trinajstić information content (AvgIpc) is 3.18. The molecule has 4 aromatic rings. The molecule has 0 amide bonds. The van der Waals surface area contributed by atoms with Crippen LogP contribution in [0.3, 0.4) is 0 Å². The molecular weight excluding hydrogens is 414 g/mol. The molecule has 152 valence electrons. The van der Waals surface area contributed by atoms with Crippen LogP contribution in [0, 0.1) is 0 Å². The van der Waals surface area contributed by atoms with Crippen LogP contribution in [0.15, 0.2) is 103 Å². The van der Waals surface area contributed by atoms with E-state index in [4.69, 9.17) is 4.74 Å². The molecule has 2 aliphatic rings. The minimum atomic E-state index is -0.500. The Balaban J connectivity index is 1.66. The van der Waals surface area contributed by atoms with Crippen LogP contribution in [-0.2, 0) is 5.41 Å². The summed E-state index contributed by atoms with van der Waals surface area (Å²) in [5, 5.41) is 5.94. The molecule has 6 rings (SSSR count). The zero-order valence-corrected chi connectivity index (χ0v) is 19.3. The number of hydrogen-bond donors (Lipinski definition) is 0. The fraction of sp³-hybridized carbons (Fsp3) is 0.143. The Morgan fingerprint density at radius 3 is 1.94 bits per heavy atom. The third-order valence-corrected chi connectivity index (χ3v) is 12.6. The van der Waals surface area contributed by atoms with E-state index >= 15 is 0 Å². The van der Waals surface area contributed by atoms with Crippen LogP contribution < -0.4 is 26.0 Å². The molecule has 4 aromatic carbocycles. The summed E-state index contributed by atoms with van der Waals surface area (Å²) in [6.07, 6.45) is 0. The quantitative estimate of drug-likeness (QED) is 0.390. The SMILES string of the molecule is C[C@@]12COc3cccc(c31)P(c1ccccc1)CP(c1ccccc1)c1ccccc12. The number of hydrogen-bond acceptors (Lipinski definition) is 1. The predicted molar refractivity (Wildman–Crippen MR) is 135 cm³/mol. The first-order valence-corrected chi connectivity index (χ1v) is 13.8. The van der Waals surface area contributed by atoms with Gasteiger partial charge in [-0.15, -0.1) is 0 Å². The highest BCUT2D eigenvalue weighted by molar-refractivity contribution is 7.88. The standard InChI is InChI=1S/C28H24OP2/c1-28-19-29-24-16-10-18-26(27(24)28)31(22-13-6-3-7-14-22)20-30(21-11-4-2-5-12-21)25-17-9-8-15-23(25)28/h2-18H,19-20H2,1H3/t28-,30?,31?/m0/s1. The van der Waals surface area contributed by atoms with E-state index in [1.165, 1.54) is 38.2 Å². The molecule has 3 atom stereocenters. The van der Waals surface area contributed by atoms with E-state index < -0.39 is 15.8 Å². The van der Waals surface area contributed by atoms with Gasteiger partial charge in [-0.25, -0.2) is 0 Å². The van der Waals surface area contributed by atoms with E-state index in [-0.39, 0.29) is 5.41 Å². The fourth-order valence-corrected chi connectivity index (χ4v) is 12.1. The van der Waals surface area contributed by atoms with Crippen LogP contribution in [0.25, 0.3) is 0 Å². The fourth-order valence-electron chi connectivity index (χ4n) is 5.05. The van der Waals surface area contributed by atoms with Gasteiger partial charge in [0.05, 0.1) is 5.41 Å². The summed E-state index contributed by atoms with van der Waals surface area (Å²) in [4.78, 5) is 0. The molecule has 2 heterocycles. The monoisotopic (exact) mass is 438 g/mol. The molecule has 0 radical (unpaired) electrons. The van der Waals surface area contributed by atoms with Gasteiger partial charge < -0.3 is 4.74 Å². The van der Waals surface area contributed by atoms with Crippen molar-refractivity contribution in [3.05, 3.63) is 114 Å². The Labute approximate surface area is 186 Å². The van der Waals surface area contributed by atoms with Gasteiger partial charge >= 0.3 is 0 Å². The molecule has 2 unspecified atom stereocenters. The van der Waals surface area contributed by atoms with Gasteiger partial charge in [0.15, 0.2) is 0 Å². The molecule has 0 aromatic heterocycles. The number of benzene rings is 4. The van der Waals surface area contributed by atoms with Gasteiger partial charge in [0, 0.05) is 11.5 Å². The zero-order valence-electron chi connectivity index (χ0n) is 17.5. The van der Waals surface area contributed by atoms with Crippen LogP contribution >= 0.6 is 15.8 Å². The van der Waals surface area contributed by atoms with E-state index in [2.05, 4.69) is 110 Å². The third kappa shape index (κ3) is 3.07. The van der Waals surface area contributed by atoms with Gasteiger partial charge in [-0.1, -0.05) is 97.1 Å². The second-order valence-electron chi connectivity index (χ2n) is 8.46. The number of fused-ring (bicyclic) bond motifs is 2. The Morgan fingerprint density at radius 2 is 1.23 bits per heavy atom. The lowest BCUT2D eigenvalue weighted by Gasteiger charge is -2.37. The second kappa shape index (κ2) is 7.59. The summed E-state index contributed by atoms with van der Waals surface area (Å²) in [5.74, 6) is 2.24. The summed E-state index contributed by atoms with van der Waals surface area (Å²) < 4.78 is 6.34. The smallest absolute Gasteiger partial charge is 0.124 e. The van der Waals surface area contributed by atoms with Crippen molar-refractivity contribution in [1.29, 1.82) is 0 Å². The molecule has 31 heavy (non-hydrogen) atoms. The van der Waals surface area contributed by atoms with Crippen molar-refractivity contribution in [1.82, 2.24) is 0 Å². The van der Waals surface area contributed by atoms with Gasteiger partial charge in [-0.05, 0) is 55.6 Å². The van der Waals surface area contributed by atoms with Crippen molar-refractivity contribution in [3.63, 3.8) is 0 Å². The molecule has 0 saturated heterocycles. The molecule has 2 aliphatic heterocycles. The molecule has 0 spiro atoms. The van der Waals surface area contributed by atoms with Gasteiger partial charge in [0.1, 0.15) is 12.4 Å². The maximum Gasteiger partial charge on any atom is 0.124 e. The van der Waals surface area contributed by atoms with Crippen molar-refractivity contribution >= 4 is 37.1 Å². The number of ether oxygens (including phenoxy) is 1. The first-order valence-electron chi connectivity index (χ1n) is 10.8. The molecule has 0 N–H and O–H groups in total. The minimum absolute atomic E-state index is 0.117. The average molecular weight is 438 g/mol. The highest BCUT2D eigenvalue weighted by Crippen LogP contribution is 2.56. The first kappa shape index (κ1) is 19.2. The summed E-state index contributed by atoms with van der Waals surface area (Å²) in [6, 6.07) is 38.2. The summed E-state index contributed by atoms with van der Waals surface area (Å²) in [5.41, 5.74) is 2.74. The second-order valence-corrected chi connectivity index (χ2v) is 13.3. The largest absolute Gasteiger partial charge is 0.492 e. The molecule has 0 saturated carbocycles. The summed E-state index contributed by atoms with van der Waals surface area (Å²) >= 11 is 0. The number of rotatable bonds is 2. The van der Waals surface area contributed by atoms with Crippen molar-refractivity contribution in [3.8, 4) is 5.75 Å². The normalized spacial score (nSPS) is 23.8. The Bertz CT molecular complexity index is 1240. The van der Waals surface area contributed by atoms with Gasteiger partial charge in [0.25, 0.3) is 0 Å². The zero-order chi connectivity index (χ0) is 20.8. The summed E-state index contributed by atoms with van der Waals surface area (Å²) in [7, 11) is -0.981. The minimum Gasteiger partial charge on any atom is -0.492 e. The lowest BCUT2D eigenvalue weighted by Crippen LogP contribution is -2.38. The molecule has 3 heteroatoms. The molecule has 1 nitrogen and oxygen atoms in total. The van der Waals surface area contributed by atoms with Gasteiger partial charge in [0.2, 0.25) is 0 Å². The summed E-state index contributed by atoms with van der Waals surface area (Å²) in [6.45, 7) is 3.11. The van der Waals surface area contributed by atoms with Crippen molar-refractivity contribution < 1.29 is 4.74 Å². The molecule has 0 fully saturated rings. The van der Waals surface area contributed by atoms with Crippen molar-refractivity contribution in [2.24, 2.45) is 0 Å². The highest BCUT2D eigenvalue weighted by Gasteiger charge is 2.45. The van der Waals surface area contributed by atoms with E-state index in [0.717, 1.165) is 5.75 Å². The first-order chi connectivity index (χ1) is 15.3. The Kier molecular flexibility index (Phi) is 4.71. The topological polar surface area (TPSA) is 9.23 Å². The van der Waals surface area contributed by atoms with Crippen molar-refractivity contribution in [2.75, 3.05) is 12.5 Å². The van der Waals surface area contributed by atoms with Crippen LogP contribution in [0.4, 0.5) is 0 Å². The molecular formula is C28H24OP2. The third-order valence-electron chi connectivity index (χ3n) is 6.57. The van der Waals surface area contributed by atoms with Crippen LogP contribution in [0.5, 0.6) is 5.75 Å². The maximum absolute atomic E-state index is 6.34. The van der Waals surface area contributed by atoms with Gasteiger partial charge in [-0.2, -0.15) is 0 Å². The van der Waals surface area contributed by atoms with E-state index in [1.807, 2.05) is 0 Å². The lowest BCUT2D eigenvalue weighted by atomic mass is 9.78. The van der Waals surface area contributed by atoms with Crippen LogP contribution in [-0.4, -0.2) is 12.5 Å². The maximum atomic E-state index is 6.34. The lowest BCUT2D eigenvalue weighted by molar-refractivity contribution is 0.303. The van der Waals surface area contributed by atoms with Gasteiger partial charge in [-0.3, -0.25) is 0 Å². The highest BCUT2D eigenvalue weighted by atomic mass is 31.2. The Hall–Kier alpha value is -2.46. The van der Waals surface area contributed by atoms with E-state index in [9.17, 15) is 0 Å². The molecule has 0 bridgehead atoms. The Morgan fingerprint density at radius 1 is 0.645 bits per heavy atom. The van der Waals surface area contributed by atoms with Crippen LogP contribution in [0.2, 0.25) is 0 Å². The van der Waals surface area contributed by atoms with E-state index in [0.29, 0.717) is 6.61 Å². The predicted octanol–water partition coefficient (Wildman–Crippen LogP) is 5.22. The van der Waals surface area contributed by atoms with Crippen LogP contribution in [0.1, 0.15) is 18.1 Å². The molecule has 0 aliphatic carbocycles. The van der Waals surface area contributed by atoms with Crippen molar-refractivity contribution in [2.45, 2.75) is 12.3 Å². The van der Waals surface area contributed by atoms with E-state index in [1.54, 1.807) is 0 Å².